The second kappa shape index (κ2) is 14.0. The summed E-state index contributed by atoms with van der Waals surface area (Å²) in [6.45, 7) is 7.90. The summed E-state index contributed by atoms with van der Waals surface area (Å²) in [6.07, 6.45) is 1.02. The molecule has 0 unspecified atom stereocenters. The molecule has 0 amide bonds. The minimum Gasteiger partial charge on any atom is -0.481 e. The topological polar surface area (TPSA) is 46.5 Å². The van der Waals surface area contributed by atoms with Crippen molar-refractivity contribution in [2.24, 2.45) is 0 Å². The van der Waals surface area contributed by atoms with Gasteiger partial charge in [-0.25, -0.2) is 0 Å². The van der Waals surface area contributed by atoms with Crippen LogP contribution < -0.4 is 0 Å². The van der Waals surface area contributed by atoms with Crippen LogP contribution in [0, 0.1) is 0 Å². The third-order valence-corrected chi connectivity index (χ3v) is 1.08. The van der Waals surface area contributed by atoms with Gasteiger partial charge in [0.15, 0.2) is 0 Å². The van der Waals surface area contributed by atoms with Crippen molar-refractivity contribution in [3.63, 3.8) is 0 Å². The molecule has 0 atom stereocenters. The number of carboxylic acid groups (broad SMARTS) is 1. The van der Waals surface area contributed by atoms with Gasteiger partial charge in [0.2, 0.25) is 0 Å². The van der Waals surface area contributed by atoms with Crippen LogP contribution in [0.4, 0.5) is 0 Å². The van der Waals surface area contributed by atoms with Crippen LogP contribution in [0.1, 0.15) is 40.5 Å². The number of rotatable bonds is 2. The highest BCUT2D eigenvalue weighted by atomic mass is 35.5. The SMILES string of the molecule is CCCC(=O)O.COC(C)(C)C.ClCCl. The normalized spacial score (nSPS) is 9.27. The molecule has 0 aliphatic rings. The van der Waals surface area contributed by atoms with Crippen LogP contribution >= 0.6 is 23.2 Å². The lowest BCUT2D eigenvalue weighted by Gasteiger charge is -2.14. The van der Waals surface area contributed by atoms with Crippen molar-refractivity contribution in [2.45, 2.75) is 46.1 Å². The summed E-state index contributed by atoms with van der Waals surface area (Å²) in [6, 6.07) is 0. The maximum atomic E-state index is 9.60. The number of carbonyl (C=O) groups is 1. The molecule has 15 heavy (non-hydrogen) atoms. The van der Waals surface area contributed by atoms with Gasteiger partial charge in [0.05, 0.1) is 10.9 Å². The fourth-order valence-corrected chi connectivity index (χ4v) is 0.214. The molecule has 0 aliphatic carbocycles. The maximum absolute atomic E-state index is 9.60. The van der Waals surface area contributed by atoms with E-state index in [0.29, 0.717) is 6.42 Å². The molecule has 0 aromatic rings. The molecule has 3 nitrogen and oxygen atoms in total. The zero-order chi connectivity index (χ0) is 12.9. The zero-order valence-corrected chi connectivity index (χ0v) is 11.7. The fraction of sp³-hybridized carbons (Fsp3) is 0.900. The van der Waals surface area contributed by atoms with Crippen molar-refractivity contribution in [1.82, 2.24) is 0 Å². The smallest absolute Gasteiger partial charge is 0.303 e. The quantitative estimate of drug-likeness (QED) is 0.770. The van der Waals surface area contributed by atoms with Crippen LogP contribution in [0.15, 0.2) is 0 Å². The average molecular weight is 261 g/mol. The van der Waals surface area contributed by atoms with Gasteiger partial charge in [-0.1, -0.05) is 6.92 Å². The van der Waals surface area contributed by atoms with E-state index in [-0.39, 0.29) is 10.9 Å². The van der Waals surface area contributed by atoms with E-state index in [0.717, 1.165) is 6.42 Å². The van der Waals surface area contributed by atoms with Crippen molar-refractivity contribution < 1.29 is 14.6 Å². The van der Waals surface area contributed by atoms with E-state index >= 15 is 0 Å². The number of carboxylic acids is 1. The monoisotopic (exact) mass is 260 g/mol. The second-order valence-corrected chi connectivity index (χ2v) is 4.37. The van der Waals surface area contributed by atoms with Crippen molar-refractivity contribution in [3.05, 3.63) is 0 Å². The summed E-state index contributed by atoms with van der Waals surface area (Å²) in [5.74, 6) is -0.711. The second-order valence-electron chi connectivity index (χ2n) is 3.56. The molecule has 0 radical (unpaired) electrons. The predicted molar refractivity (Wildman–Crippen MR) is 65.9 cm³/mol. The van der Waals surface area contributed by atoms with E-state index in [2.05, 4.69) is 0 Å². The molecule has 0 saturated carbocycles. The Morgan fingerprint density at radius 1 is 1.33 bits per heavy atom. The van der Waals surface area contributed by atoms with Crippen molar-refractivity contribution >= 4 is 29.2 Å². The molecule has 1 N–H and O–H groups in total. The average Bonchev–Trinajstić information content (AvgIpc) is 2.05. The number of methoxy groups -OCH3 is 1. The highest BCUT2D eigenvalue weighted by molar-refractivity contribution is 6.40. The summed E-state index contributed by atoms with van der Waals surface area (Å²) >= 11 is 9.53. The van der Waals surface area contributed by atoms with Crippen LogP contribution in [0.2, 0.25) is 0 Å². The summed E-state index contributed by atoms with van der Waals surface area (Å²) in [5, 5.41) is 8.11. The highest BCUT2D eigenvalue weighted by Gasteiger charge is 2.03. The molecule has 94 valence electrons. The third kappa shape index (κ3) is 55.9. The molecule has 0 bridgehead atoms. The first kappa shape index (κ1) is 20.4. The third-order valence-electron chi connectivity index (χ3n) is 1.08. The molecule has 0 spiro atoms. The van der Waals surface area contributed by atoms with Crippen LogP contribution in [0.5, 0.6) is 0 Å². The first-order valence-corrected chi connectivity index (χ1v) is 5.70. The molecule has 0 fully saturated rings. The Hall–Kier alpha value is 0.01000. The van der Waals surface area contributed by atoms with Gasteiger partial charge in [0.25, 0.3) is 0 Å². The predicted octanol–water partition coefficient (Wildman–Crippen LogP) is 3.72. The first-order valence-electron chi connectivity index (χ1n) is 4.64. The Bertz CT molecular complexity index is 133. The minimum absolute atomic E-state index is 0.0417. The van der Waals surface area contributed by atoms with Crippen LogP contribution in [-0.2, 0) is 9.53 Å². The minimum atomic E-state index is -0.711. The van der Waals surface area contributed by atoms with Gasteiger partial charge >= 0.3 is 5.97 Å². The Morgan fingerprint density at radius 3 is 1.60 bits per heavy atom. The lowest BCUT2D eigenvalue weighted by molar-refractivity contribution is -0.137. The van der Waals surface area contributed by atoms with Gasteiger partial charge in [-0.3, -0.25) is 4.79 Å². The van der Waals surface area contributed by atoms with Gasteiger partial charge in [0.1, 0.15) is 0 Å². The van der Waals surface area contributed by atoms with Gasteiger partial charge < -0.3 is 9.84 Å². The molecular formula is C10H22Cl2O3. The molecule has 0 rings (SSSR count). The van der Waals surface area contributed by atoms with Crippen molar-refractivity contribution in [2.75, 3.05) is 12.4 Å². The lowest BCUT2D eigenvalue weighted by atomic mass is 10.2. The van der Waals surface area contributed by atoms with Crippen LogP contribution in [-0.4, -0.2) is 29.1 Å². The Labute approximate surface area is 103 Å². The number of halogens is 2. The van der Waals surface area contributed by atoms with E-state index in [4.69, 9.17) is 33.0 Å². The standard InChI is InChI=1S/C5H12O.C4H8O2.CH2Cl2/c1-5(2,3)6-4;1-2-3-4(5)6;2-1-3/h1-4H3;2-3H2,1H3,(H,5,6);1H2. The Morgan fingerprint density at radius 2 is 1.60 bits per heavy atom. The number of ether oxygens (including phenoxy) is 1. The van der Waals surface area contributed by atoms with Crippen LogP contribution in [0.25, 0.3) is 0 Å². The van der Waals surface area contributed by atoms with E-state index in [1.807, 2.05) is 27.7 Å². The molecule has 5 heteroatoms. The van der Waals surface area contributed by atoms with Crippen LogP contribution in [0.3, 0.4) is 0 Å². The number of alkyl halides is 2. The molecule has 0 aromatic carbocycles. The Balaban J connectivity index is -0.000000153. The van der Waals surface area contributed by atoms with E-state index in [1.165, 1.54) is 0 Å². The van der Waals surface area contributed by atoms with Gasteiger partial charge in [-0.2, -0.15) is 0 Å². The molecule has 0 aromatic heterocycles. The highest BCUT2D eigenvalue weighted by Crippen LogP contribution is 2.02. The summed E-state index contributed by atoms with van der Waals surface area (Å²) in [4.78, 5) is 9.60. The maximum Gasteiger partial charge on any atom is 0.303 e. The van der Waals surface area contributed by atoms with Crippen molar-refractivity contribution in [1.29, 1.82) is 0 Å². The molecule has 0 saturated heterocycles. The molecule has 0 aliphatic heterocycles. The van der Waals surface area contributed by atoms with Gasteiger partial charge in [-0.05, 0) is 27.2 Å². The number of hydrogen-bond acceptors (Lipinski definition) is 2. The lowest BCUT2D eigenvalue weighted by Crippen LogP contribution is -2.15. The zero-order valence-electron chi connectivity index (χ0n) is 10.1. The van der Waals surface area contributed by atoms with E-state index < -0.39 is 5.97 Å². The Kier molecular flexibility index (Phi) is 19.1. The van der Waals surface area contributed by atoms with Crippen molar-refractivity contribution in [3.8, 4) is 0 Å². The summed E-state index contributed by atoms with van der Waals surface area (Å²) in [7, 11) is 1.71. The first-order chi connectivity index (χ1) is 6.74. The molecule has 0 heterocycles. The summed E-state index contributed by atoms with van der Waals surface area (Å²) in [5.41, 5.74) is 0.0417. The van der Waals surface area contributed by atoms with E-state index in [9.17, 15) is 4.79 Å². The number of aliphatic carboxylic acids is 1. The molecular weight excluding hydrogens is 239 g/mol. The summed E-state index contributed by atoms with van der Waals surface area (Å²) < 4.78 is 4.94. The van der Waals surface area contributed by atoms with Gasteiger partial charge in [-0.15, -0.1) is 23.2 Å². The van der Waals surface area contributed by atoms with E-state index in [1.54, 1.807) is 7.11 Å². The van der Waals surface area contributed by atoms with Gasteiger partial charge in [0, 0.05) is 13.5 Å². The largest absolute Gasteiger partial charge is 0.481 e. The number of hydrogen-bond donors (Lipinski definition) is 1. The fourth-order valence-electron chi connectivity index (χ4n) is 0.214.